The fraction of sp³-hybridized carbons (Fsp3) is 0.158. The highest BCUT2D eigenvalue weighted by Gasteiger charge is 2.08. The van der Waals surface area contributed by atoms with Gasteiger partial charge in [-0.15, -0.1) is 0 Å². The minimum absolute atomic E-state index is 0.275. The first-order chi connectivity index (χ1) is 13.1. The lowest BCUT2D eigenvalue weighted by molar-refractivity contribution is 0.284. The summed E-state index contributed by atoms with van der Waals surface area (Å²) in [6.45, 7) is 2.08. The van der Waals surface area contributed by atoms with Crippen LogP contribution in [0, 0.1) is 23.0 Å². The molecule has 8 heteroatoms. The van der Waals surface area contributed by atoms with Crippen molar-refractivity contribution in [3.05, 3.63) is 69.8 Å². The predicted molar refractivity (Wildman–Crippen MR) is 104 cm³/mol. The number of aromatic nitrogens is 3. The molecule has 3 rings (SSSR count). The molecule has 136 valence electrons. The summed E-state index contributed by atoms with van der Waals surface area (Å²) < 4.78 is 13.2. The summed E-state index contributed by atoms with van der Waals surface area (Å²) in [5.41, 5.74) is 2.23. The zero-order chi connectivity index (χ0) is 19.2. The third-order valence-corrected chi connectivity index (χ3v) is 4.11. The maximum atomic E-state index is 9.17. The highest BCUT2D eigenvalue weighted by molar-refractivity contribution is 7.71. The summed E-state index contributed by atoms with van der Waals surface area (Å²) in [6.07, 6.45) is 1.66. The highest BCUT2D eigenvalue weighted by Crippen LogP contribution is 2.28. The van der Waals surface area contributed by atoms with Crippen LogP contribution in [0.5, 0.6) is 11.5 Å². The van der Waals surface area contributed by atoms with E-state index >= 15 is 0 Å². The number of H-pyrrole nitrogens is 1. The molecule has 0 aliphatic rings. The molecule has 0 unspecified atom stereocenters. The van der Waals surface area contributed by atoms with E-state index < -0.39 is 0 Å². The first-order valence-corrected chi connectivity index (χ1v) is 8.50. The Labute approximate surface area is 161 Å². The topological polar surface area (TPSA) is 88.2 Å². The number of hydrogen-bond donors (Lipinski definition) is 1. The van der Waals surface area contributed by atoms with E-state index in [4.69, 9.17) is 27.0 Å². The van der Waals surface area contributed by atoms with Crippen molar-refractivity contribution in [1.29, 1.82) is 5.26 Å². The number of nitrogens with one attached hydrogen (secondary N) is 1. The van der Waals surface area contributed by atoms with Gasteiger partial charge < -0.3 is 9.47 Å². The molecule has 7 nitrogen and oxygen atoms in total. The summed E-state index contributed by atoms with van der Waals surface area (Å²) in [4.78, 5) is 0. The molecule has 1 aromatic heterocycles. The van der Waals surface area contributed by atoms with Crippen molar-refractivity contribution in [1.82, 2.24) is 14.9 Å². The second-order valence-corrected chi connectivity index (χ2v) is 5.99. The molecule has 0 bridgehead atoms. The van der Waals surface area contributed by atoms with Gasteiger partial charge in [0.2, 0.25) is 4.77 Å². The number of methoxy groups -OCH3 is 1. The molecular formula is C19H17N5O2S. The van der Waals surface area contributed by atoms with Gasteiger partial charge in [-0.25, -0.2) is 0 Å². The van der Waals surface area contributed by atoms with E-state index in [2.05, 4.69) is 21.4 Å². The Balaban J connectivity index is 1.78. The van der Waals surface area contributed by atoms with Crippen LogP contribution in [0.25, 0.3) is 0 Å². The monoisotopic (exact) mass is 379 g/mol. The number of hydrogen-bond acceptors (Lipinski definition) is 6. The number of aryl methyl sites for hydroxylation is 1. The Morgan fingerprint density at radius 3 is 2.81 bits per heavy atom. The zero-order valence-electron chi connectivity index (χ0n) is 14.8. The molecule has 1 N–H and O–H groups in total. The lowest BCUT2D eigenvalue weighted by Crippen LogP contribution is -2.00. The van der Waals surface area contributed by atoms with Gasteiger partial charge in [0.15, 0.2) is 11.5 Å². The van der Waals surface area contributed by atoms with Crippen LogP contribution in [0.4, 0.5) is 0 Å². The van der Waals surface area contributed by atoms with Gasteiger partial charge in [0.05, 0.1) is 25.0 Å². The Morgan fingerprint density at radius 2 is 2.11 bits per heavy atom. The number of aromatic amines is 1. The smallest absolute Gasteiger partial charge is 0.216 e. The quantitative estimate of drug-likeness (QED) is 0.522. The van der Waals surface area contributed by atoms with Gasteiger partial charge in [-0.05, 0) is 49.0 Å². The van der Waals surface area contributed by atoms with Crippen molar-refractivity contribution in [2.45, 2.75) is 13.5 Å². The highest BCUT2D eigenvalue weighted by atomic mass is 32.1. The van der Waals surface area contributed by atoms with Crippen LogP contribution in [-0.4, -0.2) is 28.2 Å². The van der Waals surface area contributed by atoms with Crippen molar-refractivity contribution in [2.24, 2.45) is 5.10 Å². The first-order valence-electron chi connectivity index (χ1n) is 8.09. The summed E-state index contributed by atoms with van der Waals surface area (Å²) in [5, 5.41) is 20.2. The molecule has 0 spiro atoms. The lowest BCUT2D eigenvalue weighted by Gasteiger charge is -2.12. The van der Waals surface area contributed by atoms with Crippen molar-refractivity contribution >= 4 is 18.4 Å². The number of nitriles is 1. The van der Waals surface area contributed by atoms with Crippen LogP contribution in [0.3, 0.4) is 0 Å². The summed E-state index contributed by atoms with van der Waals surface area (Å²) in [5.74, 6) is 1.82. The van der Waals surface area contributed by atoms with E-state index in [1.807, 2.05) is 30.3 Å². The van der Waals surface area contributed by atoms with Gasteiger partial charge in [-0.3, -0.25) is 5.10 Å². The molecule has 0 amide bonds. The summed E-state index contributed by atoms with van der Waals surface area (Å²) in [7, 11) is 1.57. The fourth-order valence-corrected chi connectivity index (χ4v) is 2.65. The molecule has 0 aliphatic heterocycles. The Morgan fingerprint density at radius 1 is 1.30 bits per heavy atom. The van der Waals surface area contributed by atoms with Crippen molar-refractivity contribution in [2.75, 3.05) is 7.11 Å². The van der Waals surface area contributed by atoms with E-state index in [1.165, 1.54) is 4.68 Å². The minimum Gasteiger partial charge on any atom is -0.493 e. The Bertz CT molecular complexity index is 1080. The molecule has 2 aromatic carbocycles. The standard InChI is InChI=1S/C19H17N5O2S/c1-13-22-23-19(27)24(13)21-11-14-7-8-17(18(9-14)25-2)26-12-16-6-4-3-5-15(16)10-20/h3-9,11H,12H2,1-2H3,(H,23,27)/b21-11+. The molecule has 0 aliphatic carbocycles. The van der Waals surface area contributed by atoms with Gasteiger partial charge in [-0.2, -0.15) is 20.1 Å². The Kier molecular flexibility index (Phi) is 5.64. The van der Waals surface area contributed by atoms with Crippen LogP contribution in [-0.2, 0) is 6.61 Å². The van der Waals surface area contributed by atoms with Crippen LogP contribution in [0.15, 0.2) is 47.6 Å². The SMILES string of the molecule is COc1cc(/C=N/n2c(C)n[nH]c2=S)ccc1OCc1ccccc1C#N. The third-order valence-electron chi connectivity index (χ3n) is 3.84. The molecule has 0 atom stereocenters. The van der Waals surface area contributed by atoms with Crippen LogP contribution >= 0.6 is 12.2 Å². The second-order valence-electron chi connectivity index (χ2n) is 5.60. The molecule has 3 aromatic rings. The number of benzene rings is 2. The fourth-order valence-electron chi connectivity index (χ4n) is 2.43. The normalized spacial score (nSPS) is 10.7. The number of nitrogens with zero attached hydrogens (tertiary/aromatic N) is 4. The van der Waals surface area contributed by atoms with E-state index in [0.717, 1.165) is 11.1 Å². The first kappa shape index (κ1) is 18.4. The van der Waals surface area contributed by atoms with Gasteiger partial charge in [0, 0.05) is 5.56 Å². The second kappa shape index (κ2) is 8.29. The van der Waals surface area contributed by atoms with Crippen molar-refractivity contribution < 1.29 is 9.47 Å². The number of rotatable bonds is 6. The predicted octanol–water partition coefficient (Wildman–Crippen LogP) is 3.59. The molecule has 1 heterocycles. The minimum atomic E-state index is 0.275. The average molecular weight is 379 g/mol. The van der Waals surface area contributed by atoms with E-state index in [0.29, 0.717) is 27.7 Å². The molecular weight excluding hydrogens is 362 g/mol. The lowest BCUT2D eigenvalue weighted by atomic mass is 10.1. The van der Waals surface area contributed by atoms with Crippen LogP contribution < -0.4 is 9.47 Å². The summed E-state index contributed by atoms with van der Waals surface area (Å²) >= 11 is 5.12. The maximum absolute atomic E-state index is 9.17. The Hall–Kier alpha value is -3.44. The molecule has 0 saturated heterocycles. The molecule has 0 fully saturated rings. The zero-order valence-corrected chi connectivity index (χ0v) is 15.7. The largest absolute Gasteiger partial charge is 0.493 e. The van der Waals surface area contributed by atoms with Gasteiger partial charge >= 0.3 is 0 Å². The van der Waals surface area contributed by atoms with E-state index in [1.54, 1.807) is 32.4 Å². The molecule has 0 radical (unpaired) electrons. The molecule has 0 saturated carbocycles. The summed E-state index contributed by atoms with van der Waals surface area (Å²) in [6, 6.07) is 15.0. The maximum Gasteiger partial charge on any atom is 0.216 e. The number of ether oxygens (including phenoxy) is 2. The van der Waals surface area contributed by atoms with Crippen LogP contribution in [0.2, 0.25) is 0 Å². The van der Waals surface area contributed by atoms with Gasteiger partial charge in [-0.1, -0.05) is 18.2 Å². The average Bonchev–Trinajstić information content (AvgIpc) is 3.02. The van der Waals surface area contributed by atoms with E-state index in [-0.39, 0.29) is 6.61 Å². The third kappa shape index (κ3) is 4.22. The van der Waals surface area contributed by atoms with Crippen LogP contribution in [0.1, 0.15) is 22.5 Å². The van der Waals surface area contributed by atoms with Crippen molar-refractivity contribution in [3.63, 3.8) is 0 Å². The van der Waals surface area contributed by atoms with E-state index in [9.17, 15) is 0 Å². The van der Waals surface area contributed by atoms with Gasteiger partial charge in [0.1, 0.15) is 12.4 Å². The van der Waals surface area contributed by atoms with Gasteiger partial charge in [0.25, 0.3) is 0 Å². The molecule has 27 heavy (non-hydrogen) atoms. The van der Waals surface area contributed by atoms with Crippen molar-refractivity contribution in [3.8, 4) is 17.6 Å².